The Labute approximate surface area is 208 Å². The minimum atomic E-state index is -2.46. The van der Waals surface area contributed by atoms with Crippen molar-refractivity contribution in [1.29, 1.82) is 0 Å². The van der Waals surface area contributed by atoms with Crippen molar-refractivity contribution >= 4 is 42.3 Å². The molecule has 0 amide bonds. The monoisotopic (exact) mass is 560 g/mol. The van der Waals surface area contributed by atoms with Crippen molar-refractivity contribution in [2.75, 3.05) is 39.6 Å². The van der Waals surface area contributed by atoms with Gasteiger partial charge in [0.15, 0.2) is 16.6 Å². The van der Waals surface area contributed by atoms with E-state index in [-0.39, 0.29) is 13.2 Å². The normalized spacial score (nSPS) is 14.2. The lowest BCUT2D eigenvalue weighted by atomic mass is 10.5. The van der Waals surface area contributed by atoms with E-state index in [9.17, 15) is 0 Å². The van der Waals surface area contributed by atoms with Gasteiger partial charge < -0.3 is 36.1 Å². The number of ether oxygens (including phenoxy) is 2. The summed E-state index contributed by atoms with van der Waals surface area (Å²) < 4.78 is 37.2. The number of hydrogen-bond donors (Lipinski definition) is 2. The Morgan fingerprint density at radius 3 is 1.06 bits per heavy atom. The third-order valence-electron chi connectivity index (χ3n) is 4.63. The van der Waals surface area contributed by atoms with Crippen LogP contribution in [0, 0.1) is 0 Å². The molecule has 0 saturated heterocycles. The van der Waals surface area contributed by atoms with E-state index in [0.29, 0.717) is 26.4 Å². The molecule has 0 aliphatic carbocycles. The van der Waals surface area contributed by atoms with Crippen LogP contribution in [0.15, 0.2) is 0 Å². The van der Waals surface area contributed by atoms with E-state index in [1.807, 2.05) is 0 Å². The van der Waals surface area contributed by atoms with Crippen molar-refractivity contribution in [3.05, 3.63) is 0 Å². The summed E-state index contributed by atoms with van der Waals surface area (Å²) in [6.45, 7) is 23.8. The summed E-state index contributed by atoms with van der Waals surface area (Å²) in [4.78, 5) is 0. The van der Waals surface area contributed by atoms with Gasteiger partial charge in [0.25, 0.3) is 0 Å². The first-order valence-corrected chi connectivity index (χ1v) is 26.8. The Hall–Kier alpha value is 0.764. The van der Waals surface area contributed by atoms with Crippen molar-refractivity contribution in [2.45, 2.75) is 90.4 Å². The van der Waals surface area contributed by atoms with Crippen molar-refractivity contribution in [3.8, 4) is 0 Å². The first kappa shape index (κ1) is 33.8. The van der Waals surface area contributed by atoms with Gasteiger partial charge in [-0.1, -0.05) is 0 Å². The molecule has 0 fully saturated rings. The fourth-order valence-corrected chi connectivity index (χ4v) is 28.8. The van der Waals surface area contributed by atoms with E-state index in [2.05, 4.69) is 65.5 Å². The smallest absolute Gasteiger partial charge is 0.314 e. The molecule has 0 spiro atoms. The summed E-state index contributed by atoms with van der Waals surface area (Å²) in [7, 11) is -11.0. The summed E-state index contributed by atoms with van der Waals surface area (Å²) in [6, 6.07) is 1.98. The molecule has 200 valence electrons. The minimum absolute atomic E-state index is 0.0624. The Morgan fingerprint density at radius 1 is 0.455 bits per heavy atom. The van der Waals surface area contributed by atoms with Crippen LogP contribution in [-0.4, -0.2) is 92.2 Å². The zero-order chi connectivity index (χ0) is 25.8. The first-order valence-electron chi connectivity index (χ1n) is 12.1. The second-order valence-corrected chi connectivity index (χ2v) is 30.7. The zero-order valence-corrected chi connectivity index (χ0v) is 27.9. The van der Waals surface area contributed by atoms with Crippen LogP contribution >= 0.6 is 0 Å². The lowest BCUT2D eigenvalue weighted by Crippen LogP contribution is -2.58. The molecule has 0 aromatic heterocycles. The summed E-state index contributed by atoms with van der Waals surface area (Å²) >= 11 is 0. The van der Waals surface area contributed by atoms with Crippen LogP contribution in [0.1, 0.15) is 12.8 Å². The second kappa shape index (κ2) is 15.1. The van der Waals surface area contributed by atoms with Gasteiger partial charge in [0.05, 0.1) is 26.4 Å². The Bertz CT molecular complexity index is 489. The number of aliphatic hydroxyl groups excluding tert-OH is 2. The predicted molar refractivity (Wildman–Crippen MR) is 146 cm³/mol. The maximum atomic E-state index is 8.82. The van der Waals surface area contributed by atoms with Crippen molar-refractivity contribution in [1.82, 2.24) is 0 Å². The average Bonchev–Trinajstić information content (AvgIpc) is 2.56. The molecule has 0 unspecified atom stereocenters. The highest BCUT2D eigenvalue weighted by Crippen LogP contribution is 2.28. The highest BCUT2D eigenvalue weighted by atomic mass is 28.5. The Balaban J connectivity index is 4.75. The van der Waals surface area contributed by atoms with Gasteiger partial charge in [-0.05, 0) is 90.4 Å². The first-order chi connectivity index (χ1) is 14.9. The molecule has 13 heteroatoms. The van der Waals surface area contributed by atoms with Crippen molar-refractivity contribution in [2.24, 2.45) is 0 Å². The van der Waals surface area contributed by atoms with Crippen LogP contribution in [-0.2, 0) is 25.9 Å². The number of aliphatic hydroxyl groups is 2. The molecular formula is C20H52O8Si5. The van der Waals surface area contributed by atoms with Gasteiger partial charge in [-0.3, -0.25) is 0 Å². The molecule has 0 aromatic carbocycles. The molecular weight excluding hydrogens is 509 g/mol. The summed E-state index contributed by atoms with van der Waals surface area (Å²) in [5, 5.41) is 17.6. The van der Waals surface area contributed by atoms with Gasteiger partial charge in [0, 0.05) is 13.2 Å². The third-order valence-corrected chi connectivity index (χ3v) is 24.0. The van der Waals surface area contributed by atoms with Crippen LogP contribution in [0.3, 0.4) is 0 Å². The van der Waals surface area contributed by atoms with E-state index in [0.717, 1.165) is 24.9 Å². The SMILES string of the molecule is C[Si](C)(CCCOCCO)O[Si](C)(C)O[Si](C)(C)O[Si](C)(C)O[Si](C)(C)CCCOCCO. The predicted octanol–water partition coefficient (Wildman–Crippen LogP) is 4.37. The van der Waals surface area contributed by atoms with Crippen LogP contribution in [0.4, 0.5) is 0 Å². The summed E-state index contributed by atoms with van der Waals surface area (Å²) in [5.74, 6) is 0. The summed E-state index contributed by atoms with van der Waals surface area (Å²) in [5.41, 5.74) is 0. The topological polar surface area (TPSA) is 95.8 Å². The van der Waals surface area contributed by atoms with Gasteiger partial charge in [-0.2, -0.15) is 0 Å². The van der Waals surface area contributed by atoms with Crippen molar-refractivity contribution in [3.63, 3.8) is 0 Å². The molecule has 0 radical (unpaired) electrons. The second-order valence-electron chi connectivity index (χ2n) is 11.0. The molecule has 2 N–H and O–H groups in total. The summed E-state index contributed by atoms with van der Waals surface area (Å²) in [6.07, 6.45) is 1.86. The Kier molecular flexibility index (Phi) is 15.5. The van der Waals surface area contributed by atoms with Gasteiger partial charge >= 0.3 is 25.7 Å². The largest absolute Gasteiger partial charge is 0.436 e. The lowest BCUT2D eigenvalue weighted by molar-refractivity contribution is 0.0923. The quantitative estimate of drug-likeness (QED) is 0.167. The number of hydrogen-bond acceptors (Lipinski definition) is 8. The Morgan fingerprint density at radius 2 is 0.758 bits per heavy atom. The molecule has 0 bridgehead atoms. The van der Waals surface area contributed by atoms with Gasteiger partial charge in [-0.15, -0.1) is 0 Å². The molecule has 0 aliphatic heterocycles. The van der Waals surface area contributed by atoms with E-state index in [1.54, 1.807) is 0 Å². The highest BCUT2D eigenvalue weighted by Gasteiger charge is 2.45. The minimum Gasteiger partial charge on any atom is -0.436 e. The van der Waals surface area contributed by atoms with Crippen molar-refractivity contribution < 1.29 is 36.1 Å². The maximum absolute atomic E-state index is 8.82. The molecule has 0 atom stereocenters. The van der Waals surface area contributed by atoms with E-state index < -0.39 is 42.3 Å². The fraction of sp³-hybridized carbons (Fsp3) is 1.00. The van der Waals surface area contributed by atoms with Gasteiger partial charge in [0.1, 0.15) is 0 Å². The molecule has 0 rings (SSSR count). The van der Waals surface area contributed by atoms with Crippen LogP contribution in [0.2, 0.25) is 77.6 Å². The van der Waals surface area contributed by atoms with Crippen LogP contribution < -0.4 is 0 Å². The van der Waals surface area contributed by atoms with Crippen LogP contribution in [0.25, 0.3) is 0 Å². The number of rotatable bonds is 20. The van der Waals surface area contributed by atoms with Gasteiger partial charge in [0.2, 0.25) is 0 Å². The van der Waals surface area contributed by atoms with Gasteiger partial charge in [-0.25, -0.2) is 0 Å². The lowest BCUT2D eigenvalue weighted by Gasteiger charge is -2.42. The third kappa shape index (κ3) is 18.7. The average molecular weight is 561 g/mol. The van der Waals surface area contributed by atoms with E-state index in [1.165, 1.54) is 0 Å². The standard InChI is InChI=1S/C20H52O8Si5/c1-29(2,19-11-15-23-17-13-21)25-31(5,6)27-33(9,10)28-32(7,8)26-30(3,4)20-12-16-24-18-14-22/h21-22H,11-20H2,1-10H3. The molecule has 0 saturated carbocycles. The molecule has 8 nitrogen and oxygen atoms in total. The maximum Gasteiger partial charge on any atom is 0.314 e. The fourth-order valence-electron chi connectivity index (χ4n) is 4.21. The zero-order valence-electron chi connectivity index (χ0n) is 22.9. The molecule has 0 heterocycles. The molecule has 33 heavy (non-hydrogen) atoms. The van der Waals surface area contributed by atoms with Crippen LogP contribution in [0.5, 0.6) is 0 Å². The molecule has 0 aromatic rings. The van der Waals surface area contributed by atoms with E-state index in [4.69, 9.17) is 36.1 Å². The molecule has 0 aliphatic rings. The van der Waals surface area contributed by atoms with E-state index >= 15 is 0 Å². The highest BCUT2D eigenvalue weighted by molar-refractivity contribution is 6.90.